The quantitative estimate of drug-likeness (QED) is 0.703. The Hall–Kier alpha value is -3.15. The summed E-state index contributed by atoms with van der Waals surface area (Å²) in [6.07, 6.45) is 1.42. The number of alkyl halides is 3. The number of ether oxygens (including phenoxy) is 1. The van der Waals surface area contributed by atoms with E-state index in [1.54, 1.807) is 6.20 Å². The van der Waals surface area contributed by atoms with Gasteiger partial charge in [0.15, 0.2) is 0 Å². The third kappa shape index (κ3) is 5.55. The molecule has 0 bridgehead atoms. The van der Waals surface area contributed by atoms with Crippen molar-refractivity contribution in [3.8, 4) is 5.88 Å². The number of aliphatic carboxylic acids is 1. The van der Waals surface area contributed by atoms with E-state index in [1.165, 1.54) is 5.56 Å². The van der Waals surface area contributed by atoms with Crippen LogP contribution in [0, 0.1) is 11.3 Å². The first-order valence-electron chi connectivity index (χ1n) is 9.92. The molecule has 32 heavy (non-hydrogen) atoms. The van der Waals surface area contributed by atoms with Crippen LogP contribution in [-0.2, 0) is 23.2 Å². The summed E-state index contributed by atoms with van der Waals surface area (Å²) in [6.45, 7) is 3.70. The molecule has 2 aromatic rings. The first-order valence-corrected chi connectivity index (χ1v) is 9.92. The van der Waals surface area contributed by atoms with Crippen LogP contribution in [0.5, 0.6) is 5.88 Å². The summed E-state index contributed by atoms with van der Waals surface area (Å²) in [6, 6.07) is 5.61. The third-order valence-corrected chi connectivity index (χ3v) is 5.60. The summed E-state index contributed by atoms with van der Waals surface area (Å²) in [5.41, 5.74) is 0.830. The average molecular weight is 455 g/mol. The van der Waals surface area contributed by atoms with E-state index in [0.717, 1.165) is 26.1 Å². The van der Waals surface area contributed by atoms with Crippen LogP contribution in [0.4, 0.5) is 13.2 Å². The molecule has 2 atom stereocenters. The van der Waals surface area contributed by atoms with Crippen LogP contribution in [0.1, 0.15) is 12.0 Å². The fraction of sp³-hybridized carbons (Fsp3) is 0.500. The van der Waals surface area contributed by atoms with Gasteiger partial charge in [0.05, 0.1) is 18.2 Å². The van der Waals surface area contributed by atoms with Crippen LogP contribution in [0.25, 0.3) is 0 Å². The molecule has 1 spiro atoms. The summed E-state index contributed by atoms with van der Waals surface area (Å²) in [5.74, 6) is -1.81. The van der Waals surface area contributed by atoms with Crippen molar-refractivity contribution >= 4 is 11.9 Å². The van der Waals surface area contributed by atoms with E-state index in [9.17, 15) is 18.0 Å². The number of halogens is 3. The van der Waals surface area contributed by atoms with E-state index in [2.05, 4.69) is 20.3 Å². The molecule has 12 heteroatoms. The van der Waals surface area contributed by atoms with E-state index in [1.807, 2.05) is 42.3 Å². The number of carbonyl (C=O) groups excluding carboxylic acids is 1. The van der Waals surface area contributed by atoms with Crippen LogP contribution < -0.4 is 10.1 Å². The van der Waals surface area contributed by atoms with Crippen molar-refractivity contribution in [2.24, 2.45) is 18.4 Å². The number of nitrogens with one attached hydrogen (secondary N) is 1. The van der Waals surface area contributed by atoms with Crippen molar-refractivity contribution in [3.05, 3.63) is 42.4 Å². The minimum atomic E-state index is -5.08. The summed E-state index contributed by atoms with van der Waals surface area (Å²) in [5, 5.41) is 14.4. The largest absolute Gasteiger partial charge is 0.490 e. The lowest BCUT2D eigenvalue weighted by molar-refractivity contribution is -0.192. The van der Waals surface area contributed by atoms with Gasteiger partial charge in [0.25, 0.3) is 0 Å². The molecular weight excluding hydrogens is 431 g/mol. The number of carboxylic acids is 1. The molecular formula is C20H24F3N5O4. The first-order chi connectivity index (χ1) is 15.1. The highest BCUT2D eigenvalue weighted by Crippen LogP contribution is 2.42. The number of hydrogen-bond donors (Lipinski definition) is 2. The van der Waals surface area contributed by atoms with Gasteiger partial charge in [-0.25, -0.2) is 9.78 Å². The Morgan fingerprint density at radius 2 is 2.16 bits per heavy atom. The smallest absolute Gasteiger partial charge is 0.477 e. The number of aromatic nitrogens is 3. The Bertz CT molecular complexity index is 937. The summed E-state index contributed by atoms with van der Waals surface area (Å²) in [4.78, 5) is 28.0. The molecule has 9 nitrogen and oxygen atoms in total. The second-order valence-corrected chi connectivity index (χ2v) is 7.83. The van der Waals surface area contributed by atoms with Crippen LogP contribution in [0.3, 0.4) is 0 Å². The number of carbonyl (C=O) groups is 2. The molecule has 4 rings (SSSR count). The topological polar surface area (TPSA) is 110 Å². The normalized spacial score (nSPS) is 23.0. The van der Waals surface area contributed by atoms with Crippen molar-refractivity contribution in [1.82, 2.24) is 25.0 Å². The van der Waals surface area contributed by atoms with Gasteiger partial charge in [-0.15, -0.1) is 0 Å². The molecule has 2 aromatic heterocycles. The molecule has 2 N–H and O–H groups in total. The van der Waals surface area contributed by atoms with Crippen molar-refractivity contribution in [3.63, 3.8) is 0 Å². The Balaban J connectivity index is 0.000000360. The average Bonchev–Trinajstić information content (AvgIpc) is 3.43. The van der Waals surface area contributed by atoms with Gasteiger partial charge in [-0.2, -0.15) is 18.3 Å². The number of amides is 1. The zero-order valence-corrected chi connectivity index (χ0v) is 17.4. The molecule has 2 saturated heterocycles. The fourth-order valence-corrected chi connectivity index (χ4v) is 3.99. The Kier molecular flexibility index (Phi) is 7.02. The maximum Gasteiger partial charge on any atom is 0.490 e. The zero-order chi connectivity index (χ0) is 23.4. The van der Waals surface area contributed by atoms with Crippen LogP contribution in [-0.4, -0.2) is 69.1 Å². The van der Waals surface area contributed by atoms with Crippen molar-refractivity contribution in [1.29, 1.82) is 0 Å². The maximum atomic E-state index is 12.6. The molecule has 1 amide bonds. The lowest BCUT2D eigenvalue weighted by Crippen LogP contribution is -2.40. The van der Waals surface area contributed by atoms with Gasteiger partial charge in [-0.1, -0.05) is 6.07 Å². The highest BCUT2D eigenvalue weighted by molar-refractivity contribution is 5.86. The SMILES string of the molecule is Cn1cc(CN2CC[C@]3(C2)C(=O)NC[C@@H]3COc2ccccn2)cn1.O=C(O)C(F)(F)F. The van der Waals surface area contributed by atoms with E-state index in [0.29, 0.717) is 19.0 Å². The second-order valence-electron chi connectivity index (χ2n) is 7.83. The summed E-state index contributed by atoms with van der Waals surface area (Å²) >= 11 is 0. The number of likely N-dealkylation sites (tertiary alicyclic amines) is 1. The zero-order valence-electron chi connectivity index (χ0n) is 17.4. The molecule has 0 unspecified atom stereocenters. The minimum absolute atomic E-state index is 0.163. The number of rotatable bonds is 5. The van der Waals surface area contributed by atoms with Crippen LogP contribution in [0.2, 0.25) is 0 Å². The third-order valence-electron chi connectivity index (χ3n) is 5.60. The maximum absolute atomic E-state index is 12.6. The Morgan fingerprint density at radius 3 is 2.75 bits per heavy atom. The predicted octanol–water partition coefficient (Wildman–Crippen LogP) is 1.47. The fourth-order valence-electron chi connectivity index (χ4n) is 3.99. The van der Waals surface area contributed by atoms with Crippen molar-refractivity contribution < 1.29 is 32.6 Å². The van der Waals surface area contributed by atoms with E-state index >= 15 is 0 Å². The molecule has 0 aliphatic carbocycles. The highest BCUT2D eigenvalue weighted by Gasteiger charge is 2.54. The highest BCUT2D eigenvalue weighted by atomic mass is 19.4. The molecule has 2 fully saturated rings. The van der Waals surface area contributed by atoms with Gasteiger partial charge in [-0.05, 0) is 19.0 Å². The first kappa shape index (κ1) is 23.5. The monoisotopic (exact) mass is 455 g/mol. The van der Waals surface area contributed by atoms with Crippen molar-refractivity contribution in [2.45, 2.75) is 19.1 Å². The molecule has 2 aliphatic heterocycles. The summed E-state index contributed by atoms with van der Waals surface area (Å²) in [7, 11) is 1.92. The molecule has 0 aromatic carbocycles. The molecule has 174 valence electrons. The van der Waals surface area contributed by atoms with Crippen LogP contribution in [0.15, 0.2) is 36.8 Å². The lowest BCUT2D eigenvalue weighted by atomic mass is 9.77. The van der Waals surface area contributed by atoms with Gasteiger partial charge >= 0.3 is 12.1 Å². The Morgan fingerprint density at radius 1 is 1.41 bits per heavy atom. The summed E-state index contributed by atoms with van der Waals surface area (Å²) < 4.78 is 39.4. The van der Waals surface area contributed by atoms with Gasteiger partial charge in [-0.3, -0.25) is 14.4 Å². The number of carboxylic acid groups (broad SMARTS) is 1. The second kappa shape index (κ2) is 9.55. The van der Waals surface area contributed by atoms with Gasteiger partial charge in [0.2, 0.25) is 11.8 Å². The number of hydrogen-bond acceptors (Lipinski definition) is 6. The standard InChI is InChI=1S/C18H23N5O2.C2HF3O2/c1-22-10-14(8-21-22)11-23-7-5-18(13-23)15(9-20-17(18)24)12-25-16-4-2-3-6-19-16;3-2(4,5)1(6)7/h2-4,6,8,10,15H,5,7,9,11-13H2,1H3,(H,20,24);(H,6,7)/t15-,18-;/m1./s1. The molecule has 4 heterocycles. The van der Waals surface area contributed by atoms with E-state index in [4.69, 9.17) is 14.6 Å². The number of aryl methyl sites for hydroxylation is 1. The predicted molar refractivity (Wildman–Crippen MR) is 105 cm³/mol. The van der Waals surface area contributed by atoms with E-state index < -0.39 is 12.1 Å². The molecule has 0 radical (unpaired) electrons. The molecule has 0 saturated carbocycles. The van der Waals surface area contributed by atoms with Gasteiger partial charge < -0.3 is 15.2 Å². The van der Waals surface area contributed by atoms with Gasteiger partial charge in [0, 0.05) is 56.6 Å². The molecule has 2 aliphatic rings. The van der Waals surface area contributed by atoms with Crippen molar-refractivity contribution in [2.75, 3.05) is 26.2 Å². The lowest BCUT2D eigenvalue weighted by Gasteiger charge is -2.28. The minimum Gasteiger partial charge on any atom is -0.477 e. The Labute approximate surface area is 182 Å². The van der Waals surface area contributed by atoms with E-state index in [-0.39, 0.29) is 17.2 Å². The van der Waals surface area contributed by atoms with Crippen LogP contribution >= 0.6 is 0 Å². The number of pyridine rings is 1. The number of nitrogens with zero attached hydrogens (tertiary/aromatic N) is 4. The van der Waals surface area contributed by atoms with Gasteiger partial charge in [0.1, 0.15) is 0 Å².